The van der Waals surface area contributed by atoms with Gasteiger partial charge in [0.2, 0.25) is 11.7 Å². The lowest BCUT2D eigenvalue weighted by Gasteiger charge is -2.10. The molecule has 11 heteroatoms. The Morgan fingerprint density at radius 1 is 1.09 bits per heavy atom. The number of nitrogens with one attached hydrogen (secondary N) is 1. The summed E-state index contributed by atoms with van der Waals surface area (Å²) in [6.07, 6.45) is -2.06. The second-order valence-corrected chi connectivity index (χ2v) is 7.20. The molecule has 166 valence electrons. The van der Waals surface area contributed by atoms with Crippen LogP contribution in [-0.2, 0) is 6.42 Å². The number of hydrogen-bond acceptors (Lipinski definition) is 6. The van der Waals surface area contributed by atoms with Gasteiger partial charge < -0.3 is 14.6 Å². The SMILES string of the molecule is Fc1ccc(-c2noc(CCCNc3cnc4ccc(OC(F)(F)F)cc4c3)n2)c(Cl)c1. The summed E-state index contributed by atoms with van der Waals surface area (Å²) in [5, 5.41) is 7.71. The van der Waals surface area contributed by atoms with Crippen LogP contribution in [0.1, 0.15) is 12.3 Å². The highest BCUT2D eigenvalue weighted by Crippen LogP contribution is 2.28. The first kappa shape index (κ1) is 21.8. The van der Waals surface area contributed by atoms with Crippen molar-refractivity contribution >= 4 is 28.2 Å². The Bertz CT molecular complexity index is 1250. The number of alkyl halides is 3. The summed E-state index contributed by atoms with van der Waals surface area (Å²) in [7, 11) is 0. The van der Waals surface area contributed by atoms with Crippen LogP contribution in [0.3, 0.4) is 0 Å². The highest BCUT2D eigenvalue weighted by molar-refractivity contribution is 6.33. The Hall–Kier alpha value is -3.40. The average Bonchev–Trinajstić information content (AvgIpc) is 3.18. The zero-order chi connectivity index (χ0) is 22.7. The van der Waals surface area contributed by atoms with Crippen molar-refractivity contribution in [3.8, 4) is 17.1 Å². The molecular formula is C21H15ClF4N4O2. The predicted octanol–water partition coefficient (Wildman–Crippen LogP) is 6.02. The van der Waals surface area contributed by atoms with Gasteiger partial charge in [0, 0.05) is 23.9 Å². The Morgan fingerprint density at radius 2 is 1.94 bits per heavy atom. The molecule has 4 rings (SSSR count). The van der Waals surface area contributed by atoms with Crippen LogP contribution < -0.4 is 10.1 Å². The molecule has 0 bridgehead atoms. The molecular weight excluding hydrogens is 452 g/mol. The lowest BCUT2D eigenvalue weighted by atomic mass is 10.2. The molecule has 6 nitrogen and oxygen atoms in total. The van der Waals surface area contributed by atoms with Crippen molar-refractivity contribution in [1.29, 1.82) is 0 Å². The van der Waals surface area contributed by atoms with Crippen LogP contribution in [0.15, 0.2) is 53.2 Å². The fourth-order valence-electron chi connectivity index (χ4n) is 3.01. The van der Waals surface area contributed by atoms with Crippen LogP contribution in [0.5, 0.6) is 5.75 Å². The Morgan fingerprint density at radius 3 is 2.72 bits per heavy atom. The maximum atomic E-state index is 13.2. The second kappa shape index (κ2) is 8.99. The van der Waals surface area contributed by atoms with E-state index in [0.29, 0.717) is 47.4 Å². The van der Waals surface area contributed by atoms with Gasteiger partial charge in [0.15, 0.2) is 0 Å². The van der Waals surface area contributed by atoms with Gasteiger partial charge in [0.05, 0.1) is 22.4 Å². The van der Waals surface area contributed by atoms with Crippen molar-refractivity contribution in [2.75, 3.05) is 11.9 Å². The smallest absolute Gasteiger partial charge is 0.406 e. The van der Waals surface area contributed by atoms with E-state index in [9.17, 15) is 17.6 Å². The van der Waals surface area contributed by atoms with E-state index < -0.39 is 12.2 Å². The summed E-state index contributed by atoms with van der Waals surface area (Å²) >= 11 is 6.01. The molecule has 0 unspecified atom stereocenters. The number of benzene rings is 2. The van der Waals surface area contributed by atoms with E-state index in [1.165, 1.54) is 36.4 Å². The Balaban J connectivity index is 1.34. The number of halogens is 5. The summed E-state index contributed by atoms with van der Waals surface area (Å²) in [4.78, 5) is 8.49. The van der Waals surface area contributed by atoms with Crippen molar-refractivity contribution < 1.29 is 26.8 Å². The second-order valence-electron chi connectivity index (χ2n) is 6.79. The monoisotopic (exact) mass is 466 g/mol. The van der Waals surface area contributed by atoms with Crippen molar-refractivity contribution in [2.24, 2.45) is 0 Å². The number of aryl methyl sites for hydroxylation is 1. The van der Waals surface area contributed by atoms with E-state index in [-0.39, 0.29) is 16.6 Å². The highest BCUT2D eigenvalue weighted by Gasteiger charge is 2.31. The van der Waals surface area contributed by atoms with E-state index >= 15 is 0 Å². The number of nitrogens with zero attached hydrogens (tertiary/aromatic N) is 3. The molecule has 0 saturated heterocycles. The molecule has 0 radical (unpaired) electrons. The van der Waals surface area contributed by atoms with E-state index in [0.717, 1.165) is 0 Å². The van der Waals surface area contributed by atoms with Gasteiger partial charge in [0.25, 0.3) is 0 Å². The Labute approximate surface area is 184 Å². The minimum Gasteiger partial charge on any atom is -0.406 e. The molecule has 1 N–H and O–H groups in total. The molecule has 2 heterocycles. The van der Waals surface area contributed by atoms with E-state index in [1.54, 1.807) is 12.3 Å². The molecule has 0 amide bonds. The quantitative estimate of drug-likeness (QED) is 0.265. The largest absolute Gasteiger partial charge is 0.573 e. The number of aromatic nitrogens is 3. The third-order valence-corrected chi connectivity index (χ3v) is 4.74. The lowest BCUT2D eigenvalue weighted by molar-refractivity contribution is -0.274. The molecule has 32 heavy (non-hydrogen) atoms. The van der Waals surface area contributed by atoms with Crippen LogP contribution in [0.2, 0.25) is 5.02 Å². The number of hydrogen-bond donors (Lipinski definition) is 1. The van der Waals surface area contributed by atoms with Crippen LogP contribution >= 0.6 is 11.6 Å². The Kier molecular flexibility index (Phi) is 6.13. The first-order valence-corrected chi connectivity index (χ1v) is 9.82. The summed E-state index contributed by atoms with van der Waals surface area (Å²) in [5.74, 6) is -0.0976. The molecule has 0 saturated carbocycles. The van der Waals surface area contributed by atoms with E-state index in [2.05, 4.69) is 25.2 Å². The van der Waals surface area contributed by atoms with Gasteiger partial charge in [0.1, 0.15) is 11.6 Å². The molecule has 4 aromatic rings. The third kappa shape index (κ3) is 5.44. The van der Waals surface area contributed by atoms with E-state index in [4.69, 9.17) is 16.1 Å². The van der Waals surface area contributed by atoms with Crippen LogP contribution in [0.25, 0.3) is 22.3 Å². The standard InChI is InChI=1S/C21H15ClF4N4O2/c22-17-10-13(23)3-5-16(17)20-29-19(32-30-20)2-1-7-27-14-8-12-9-15(31-21(24,25)26)4-6-18(12)28-11-14/h3-6,8-11,27H,1-2,7H2. The summed E-state index contributed by atoms with van der Waals surface area (Å²) in [6, 6.07) is 9.55. The molecule has 2 aromatic carbocycles. The van der Waals surface area contributed by atoms with Crippen LogP contribution in [0.4, 0.5) is 23.2 Å². The van der Waals surface area contributed by atoms with Crippen molar-refractivity contribution in [3.05, 3.63) is 65.4 Å². The summed E-state index contributed by atoms with van der Waals surface area (Å²) in [5.41, 5.74) is 1.66. The topological polar surface area (TPSA) is 73.1 Å². The average molecular weight is 467 g/mol. The molecule has 0 aliphatic heterocycles. The molecule has 0 fully saturated rings. The number of anilines is 1. The highest BCUT2D eigenvalue weighted by atomic mass is 35.5. The van der Waals surface area contributed by atoms with Gasteiger partial charge in [-0.15, -0.1) is 13.2 Å². The van der Waals surface area contributed by atoms with Gasteiger partial charge >= 0.3 is 6.36 Å². The van der Waals surface area contributed by atoms with Gasteiger partial charge in [-0.1, -0.05) is 16.8 Å². The number of ether oxygens (including phenoxy) is 1. The fourth-order valence-corrected chi connectivity index (χ4v) is 3.26. The predicted molar refractivity (Wildman–Crippen MR) is 110 cm³/mol. The van der Waals surface area contributed by atoms with Gasteiger partial charge in [-0.05, 0) is 48.9 Å². The number of rotatable bonds is 7. The molecule has 0 spiro atoms. The van der Waals surface area contributed by atoms with Crippen LogP contribution in [-0.4, -0.2) is 28.0 Å². The fraction of sp³-hybridized carbons (Fsp3) is 0.190. The zero-order valence-corrected chi connectivity index (χ0v) is 17.0. The molecule has 2 aromatic heterocycles. The maximum absolute atomic E-state index is 13.2. The van der Waals surface area contributed by atoms with Crippen LogP contribution in [0, 0.1) is 5.82 Å². The van der Waals surface area contributed by atoms with E-state index in [1.807, 2.05) is 0 Å². The minimum atomic E-state index is -4.76. The minimum absolute atomic E-state index is 0.187. The first-order chi connectivity index (χ1) is 15.3. The van der Waals surface area contributed by atoms with Gasteiger partial charge in [-0.25, -0.2) is 4.39 Å². The van der Waals surface area contributed by atoms with Crippen molar-refractivity contribution in [3.63, 3.8) is 0 Å². The number of pyridine rings is 1. The third-order valence-electron chi connectivity index (χ3n) is 4.42. The van der Waals surface area contributed by atoms with Gasteiger partial charge in [-0.3, -0.25) is 4.98 Å². The summed E-state index contributed by atoms with van der Waals surface area (Å²) < 4.78 is 59.6. The van der Waals surface area contributed by atoms with Gasteiger partial charge in [-0.2, -0.15) is 4.98 Å². The number of fused-ring (bicyclic) bond motifs is 1. The van der Waals surface area contributed by atoms with Crippen molar-refractivity contribution in [2.45, 2.75) is 19.2 Å². The summed E-state index contributed by atoms with van der Waals surface area (Å²) in [6.45, 7) is 0.529. The first-order valence-electron chi connectivity index (χ1n) is 9.44. The lowest BCUT2D eigenvalue weighted by Crippen LogP contribution is -2.17. The molecule has 0 atom stereocenters. The normalized spacial score (nSPS) is 11.7. The molecule has 0 aliphatic rings. The molecule has 0 aliphatic carbocycles. The maximum Gasteiger partial charge on any atom is 0.573 e. The zero-order valence-electron chi connectivity index (χ0n) is 16.3. The van der Waals surface area contributed by atoms with Crippen molar-refractivity contribution in [1.82, 2.24) is 15.1 Å².